The van der Waals surface area contributed by atoms with Gasteiger partial charge in [0.25, 0.3) is 10.0 Å². The van der Waals surface area contributed by atoms with Crippen LogP contribution in [0.2, 0.25) is 10.0 Å². The van der Waals surface area contributed by atoms with Gasteiger partial charge in [0.05, 0.1) is 15.6 Å². The zero-order valence-corrected chi connectivity index (χ0v) is 23.9. The van der Waals surface area contributed by atoms with Crippen LogP contribution in [0.25, 0.3) is 0 Å². The van der Waals surface area contributed by atoms with E-state index < -0.39 is 28.5 Å². The molecule has 0 aromatic heterocycles. The molecule has 3 aromatic carbocycles. The third kappa shape index (κ3) is 7.28. The molecule has 10 heteroatoms. The van der Waals surface area contributed by atoms with Crippen molar-refractivity contribution in [3.63, 3.8) is 0 Å². The first-order valence-corrected chi connectivity index (χ1v) is 14.4. The van der Waals surface area contributed by atoms with Crippen LogP contribution in [0.15, 0.2) is 77.7 Å². The van der Waals surface area contributed by atoms with E-state index in [1.807, 2.05) is 13.8 Å². The van der Waals surface area contributed by atoms with E-state index in [0.29, 0.717) is 17.1 Å². The number of amides is 2. The van der Waals surface area contributed by atoms with E-state index in [1.54, 1.807) is 67.6 Å². The molecule has 0 bridgehead atoms. The van der Waals surface area contributed by atoms with Gasteiger partial charge >= 0.3 is 0 Å². The second kappa shape index (κ2) is 13.1. The van der Waals surface area contributed by atoms with E-state index in [1.165, 1.54) is 17.0 Å². The van der Waals surface area contributed by atoms with E-state index in [-0.39, 0.29) is 28.1 Å². The first-order chi connectivity index (χ1) is 18.0. The van der Waals surface area contributed by atoms with Crippen molar-refractivity contribution in [2.24, 2.45) is 0 Å². The summed E-state index contributed by atoms with van der Waals surface area (Å²) < 4.78 is 28.6. The minimum atomic E-state index is -4.18. The van der Waals surface area contributed by atoms with Crippen molar-refractivity contribution in [2.75, 3.05) is 17.4 Å². The Labute approximate surface area is 234 Å². The van der Waals surface area contributed by atoms with Crippen LogP contribution >= 0.6 is 23.2 Å². The summed E-state index contributed by atoms with van der Waals surface area (Å²) in [4.78, 5) is 28.1. The Kier molecular flexibility index (Phi) is 10.2. The van der Waals surface area contributed by atoms with Gasteiger partial charge in [-0.25, -0.2) is 8.42 Å². The molecule has 0 aliphatic carbocycles. The third-order valence-electron chi connectivity index (χ3n) is 5.97. The summed E-state index contributed by atoms with van der Waals surface area (Å²) in [6, 6.07) is 18.9. The molecule has 1 N–H and O–H groups in total. The maximum Gasteiger partial charge on any atom is 0.264 e. The Bertz CT molecular complexity index is 1380. The Morgan fingerprint density at radius 3 is 2.29 bits per heavy atom. The number of sulfonamides is 1. The lowest BCUT2D eigenvalue weighted by Crippen LogP contribution is -2.51. The molecule has 0 saturated carbocycles. The molecular formula is C28H31Cl2N3O4S. The fourth-order valence-corrected chi connectivity index (χ4v) is 5.75. The molecule has 202 valence electrons. The van der Waals surface area contributed by atoms with Gasteiger partial charge in [0, 0.05) is 18.1 Å². The SMILES string of the molecule is CCCNC(=O)[C@@H](C)N(Cc1cccc(Cl)c1)C(=O)CN(c1ccccc1Cl)S(=O)(=O)c1ccc(C)cc1. The molecule has 0 fully saturated rings. The summed E-state index contributed by atoms with van der Waals surface area (Å²) in [5.74, 6) is -0.910. The molecule has 0 radical (unpaired) electrons. The number of nitrogens with one attached hydrogen (secondary N) is 1. The van der Waals surface area contributed by atoms with Crippen molar-refractivity contribution in [1.29, 1.82) is 0 Å². The number of carbonyl (C=O) groups excluding carboxylic acids is 2. The minimum Gasteiger partial charge on any atom is -0.354 e. The fraction of sp³-hybridized carbons (Fsp3) is 0.286. The number of anilines is 1. The zero-order valence-electron chi connectivity index (χ0n) is 21.5. The molecule has 7 nitrogen and oxygen atoms in total. The summed E-state index contributed by atoms with van der Waals surface area (Å²) in [6.45, 7) is 5.34. The van der Waals surface area contributed by atoms with E-state index >= 15 is 0 Å². The zero-order chi connectivity index (χ0) is 27.9. The van der Waals surface area contributed by atoms with Gasteiger partial charge in [0.1, 0.15) is 12.6 Å². The van der Waals surface area contributed by atoms with Crippen LogP contribution in [-0.2, 0) is 26.2 Å². The van der Waals surface area contributed by atoms with Gasteiger partial charge in [-0.1, -0.05) is 72.1 Å². The van der Waals surface area contributed by atoms with Gasteiger partial charge in [-0.05, 0) is 62.2 Å². The molecular weight excluding hydrogens is 545 g/mol. The Hall–Kier alpha value is -3.07. The van der Waals surface area contributed by atoms with Gasteiger partial charge in [0.15, 0.2) is 0 Å². The molecule has 3 rings (SSSR count). The van der Waals surface area contributed by atoms with Crippen LogP contribution in [0.1, 0.15) is 31.4 Å². The Morgan fingerprint density at radius 1 is 0.974 bits per heavy atom. The number of aryl methyl sites for hydroxylation is 1. The van der Waals surface area contributed by atoms with Gasteiger partial charge in [-0.15, -0.1) is 0 Å². The van der Waals surface area contributed by atoms with Crippen LogP contribution in [0.3, 0.4) is 0 Å². The van der Waals surface area contributed by atoms with Crippen molar-refractivity contribution in [2.45, 2.75) is 44.7 Å². The summed E-state index contributed by atoms with van der Waals surface area (Å²) in [5.41, 5.74) is 1.75. The van der Waals surface area contributed by atoms with Crippen LogP contribution < -0.4 is 9.62 Å². The largest absolute Gasteiger partial charge is 0.354 e. The lowest BCUT2D eigenvalue weighted by Gasteiger charge is -2.32. The van der Waals surface area contributed by atoms with Crippen molar-refractivity contribution < 1.29 is 18.0 Å². The summed E-state index contributed by atoms with van der Waals surface area (Å²) in [6.07, 6.45) is 0.732. The number of nitrogens with zero attached hydrogens (tertiary/aromatic N) is 2. The van der Waals surface area contributed by atoms with Gasteiger partial charge < -0.3 is 10.2 Å². The smallest absolute Gasteiger partial charge is 0.264 e. The van der Waals surface area contributed by atoms with Crippen LogP contribution in [0.5, 0.6) is 0 Å². The number of rotatable bonds is 11. The van der Waals surface area contributed by atoms with E-state index in [0.717, 1.165) is 16.3 Å². The van der Waals surface area contributed by atoms with Crippen LogP contribution in [0, 0.1) is 6.92 Å². The number of hydrogen-bond acceptors (Lipinski definition) is 4. The molecule has 2 amide bonds. The normalized spacial score (nSPS) is 12.0. The predicted octanol–water partition coefficient (Wildman–Crippen LogP) is 5.44. The highest BCUT2D eigenvalue weighted by Crippen LogP contribution is 2.31. The molecule has 38 heavy (non-hydrogen) atoms. The van der Waals surface area contributed by atoms with Gasteiger partial charge in [0.2, 0.25) is 11.8 Å². The number of benzene rings is 3. The number of halogens is 2. The van der Waals surface area contributed by atoms with Crippen LogP contribution in [0.4, 0.5) is 5.69 Å². The topological polar surface area (TPSA) is 86.8 Å². The number of carbonyl (C=O) groups is 2. The van der Waals surface area contributed by atoms with E-state index in [2.05, 4.69) is 5.32 Å². The summed E-state index contributed by atoms with van der Waals surface area (Å²) in [7, 11) is -4.18. The quantitative estimate of drug-likeness (QED) is 0.330. The molecule has 0 saturated heterocycles. The third-order valence-corrected chi connectivity index (χ3v) is 8.30. The number of hydrogen-bond donors (Lipinski definition) is 1. The maximum atomic E-state index is 13.8. The Balaban J connectivity index is 2.03. The van der Waals surface area contributed by atoms with Crippen molar-refractivity contribution >= 4 is 50.7 Å². The molecule has 0 aliphatic heterocycles. The average Bonchev–Trinajstić information content (AvgIpc) is 2.89. The number of para-hydroxylation sites is 1. The molecule has 0 aliphatic rings. The molecule has 3 aromatic rings. The van der Waals surface area contributed by atoms with E-state index in [4.69, 9.17) is 23.2 Å². The van der Waals surface area contributed by atoms with E-state index in [9.17, 15) is 18.0 Å². The lowest BCUT2D eigenvalue weighted by atomic mass is 10.1. The standard InChI is InChI=1S/C28H31Cl2N3O4S/c1-4-16-31-28(35)21(3)32(18-22-8-7-9-23(29)17-22)27(34)19-33(26-11-6-5-10-25(26)30)38(36,37)24-14-12-20(2)13-15-24/h5-15,17,21H,4,16,18-19H2,1-3H3,(H,31,35)/t21-/m1/s1. The average molecular weight is 577 g/mol. The molecule has 0 heterocycles. The highest BCUT2D eigenvalue weighted by atomic mass is 35.5. The lowest BCUT2D eigenvalue weighted by molar-refractivity contribution is -0.139. The molecule has 0 spiro atoms. The van der Waals surface area contributed by atoms with Crippen molar-refractivity contribution in [3.8, 4) is 0 Å². The highest BCUT2D eigenvalue weighted by molar-refractivity contribution is 7.92. The highest BCUT2D eigenvalue weighted by Gasteiger charge is 2.33. The first-order valence-electron chi connectivity index (χ1n) is 12.2. The van der Waals surface area contributed by atoms with Crippen LogP contribution in [-0.4, -0.2) is 44.3 Å². The van der Waals surface area contributed by atoms with Gasteiger partial charge in [-0.3, -0.25) is 13.9 Å². The predicted molar refractivity (Wildman–Crippen MR) is 152 cm³/mol. The first kappa shape index (κ1) is 29.5. The minimum absolute atomic E-state index is 0.0194. The summed E-state index contributed by atoms with van der Waals surface area (Å²) in [5, 5.41) is 3.46. The van der Waals surface area contributed by atoms with Crippen molar-refractivity contribution in [3.05, 3.63) is 94.0 Å². The fourth-order valence-electron chi connectivity index (χ4n) is 3.82. The van der Waals surface area contributed by atoms with Crippen molar-refractivity contribution in [1.82, 2.24) is 10.2 Å². The Morgan fingerprint density at radius 2 is 1.66 bits per heavy atom. The van der Waals surface area contributed by atoms with Gasteiger partial charge in [-0.2, -0.15) is 0 Å². The molecule has 1 atom stereocenters. The second-order valence-corrected chi connectivity index (χ2v) is 11.6. The summed E-state index contributed by atoms with van der Waals surface area (Å²) >= 11 is 12.6. The maximum absolute atomic E-state index is 13.8. The molecule has 0 unspecified atom stereocenters. The monoisotopic (exact) mass is 575 g/mol. The second-order valence-electron chi connectivity index (χ2n) is 8.89.